The molecule has 1 amide bonds. The normalized spacial score (nSPS) is 9.38. The number of hydrogen-bond acceptors (Lipinski definition) is 3. The molecule has 0 spiro atoms. The summed E-state index contributed by atoms with van der Waals surface area (Å²) in [5, 5.41) is -0.0117. The van der Waals surface area contributed by atoms with E-state index in [0.29, 0.717) is 11.3 Å². The third-order valence-electron chi connectivity index (χ3n) is 1.71. The minimum absolute atomic E-state index is 0.0117. The third-order valence-corrected chi connectivity index (χ3v) is 2.30. The van der Waals surface area contributed by atoms with Gasteiger partial charge in [-0.3, -0.25) is 15.6 Å². The third kappa shape index (κ3) is 3.35. The van der Waals surface area contributed by atoms with Crippen molar-refractivity contribution in [3.05, 3.63) is 28.2 Å². The summed E-state index contributed by atoms with van der Waals surface area (Å²) in [5.41, 5.74) is 10.3. The van der Waals surface area contributed by atoms with Crippen molar-refractivity contribution in [3.63, 3.8) is 0 Å². The van der Waals surface area contributed by atoms with Crippen LogP contribution in [0.3, 0.4) is 0 Å². The van der Waals surface area contributed by atoms with E-state index in [1.54, 1.807) is 18.2 Å². The Hall–Kier alpha value is -1.34. The van der Waals surface area contributed by atoms with E-state index in [2.05, 4.69) is 39.0 Å². The lowest BCUT2D eigenvalue weighted by atomic mass is 10.2. The topological polar surface area (TPSA) is 76.4 Å². The van der Waals surface area contributed by atoms with Crippen LogP contribution in [0.4, 0.5) is 0 Å². The standard InChI is InChI=1S/C9H10BrN3O2S/c1-15-7-3-2-5(10)4-6(7)8(14)12-13-9(11)16/h2-4H,1H3,(H,12,14)(H3,11,13,16). The summed E-state index contributed by atoms with van der Waals surface area (Å²) in [6.45, 7) is 0. The second-order valence-corrected chi connectivity index (χ2v) is 4.14. The Morgan fingerprint density at radius 3 is 2.75 bits per heavy atom. The van der Waals surface area contributed by atoms with Crippen LogP contribution in [0.15, 0.2) is 22.7 Å². The Morgan fingerprint density at radius 2 is 2.19 bits per heavy atom. The molecule has 0 aromatic heterocycles. The molecule has 0 aliphatic carbocycles. The van der Waals surface area contributed by atoms with Crippen molar-refractivity contribution in [2.75, 3.05) is 7.11 Å². The lowest BCUT2D eigenvalue weighted by molar-refractivity contribution is 0.0941. The summed E-state index contributed by atoms with van der Waals surface area (Å²) in [7, 11) is 1.49. The molecular weight excluding hydrogens is 294 g/mol. The molecule has 16 heavy (non-hydrogen) atoms. The molecular formula is C9H10BrN3O2S. The van der Waals surface area contributed by atoms with Gasteiger partial charge in [-0.15, -0.1) is 0 Å². The zero-order valence-electron chi connectivity index (χ0n) is 8.41. The van der Waals surface area contributed by atoms with Crippen molar-refractivity contribution in [3.8, 4) is 5.75 Å². The zero-order valence-corrected chi connectivity index (χ0v) is 10.8. The van der Waals surface area contributed by atoms with Gasteiger partial charge in [-0.2, -0.15) is 0 Å². The summed E-state index contributed by atoms with van der Waals surface area (Å²) >= 11 is 7.83. The van der Waals surface area contributed by atoms with Gasteiger partial charge in [0.25, 0.3) is 5.91 Å². The van der Waals surface area contributed by atoms with E-state index in [4.69, 9.17) is 10.5 Å². The molecule has 5 nitrogen and oxygen atoms in total. The van der Waals surface area contributed by atoms with Gasteiger partial charge in [-0.05, 0) is 30.4 Å². The van der Waals surface area contributed by atoms with Crippen LogP contribution in [0.2, 0.25) is 0 Å². The van der Waals surface area contributed by atoms with Gasteiger partial charge >= 0.3 is 0 Å². The molecule has 0 saturated carbocycles. The minimum Gasteiger partial charge on any atom is -0.496 e. The van der Waals surface area contributed by atoms with Crippen molar-refractivity contribution >= 4 is 39.2 Å². The summed E-state index contributed by atoms with van der Waals surface area (Å²) in [6.07, 6.45) is 0. The highest BCUT2D eigenvalue weighted by Gasteiger charge is 2.12. The van der Waals surface area contributed by atoms with Crippen LogP contribution in [-0.4, -0.2) is 18.1 Å². The molecule has 0 atom stereocenters. The smallest absolute Gasteiger partial charge is 0.273 e. The molecule has 0 unspecified atom stereocenters. The fraction of sp³-hybridized carbons (Fsp3) is 0.111. The first-order valence-electron chi connectivity index (χ1n) is 4.24. The van der Waals surface area contributed by atoms with Crippen LogP contribution < -0.4 is 21.3 Å². The molecule has 0 saturated heterocycles. The Labute approximate surface area is 106 Å². The molecule has 0 aliphatic heterocycles. The highest BCUT2D eigenvalue weighted by atomic mass is 79.9. The second-order valence-electron chi connectivity index (χ2n) is 2.79. The number of benzene rings is 1. The number of thiocarbonyl (C=S) groups is 1. The number of halogens is 1. The highest BCUT2D eigenvalue weighted by molar-refractivity contribution is 9.10. The number of amides is 1. The number of carbonyl (C=O) groups excluding carboxylic acids is 1. The summed E-state index contributed by atoms with van der Waals surface area (Å²) in [5.74, 6) is 0.0800. The average Bonchev–Trinajstić information content (AvgIpc) is 2.25. The number of hydrogen-bond donors (Lipinski definition) is 3. The van der Waals surface area contributed by atoms with E-state index in [1.165, 1.54) is 7.11 Å². The van der Waals surface area contributed by atoms with Gasteiger partial charge in [-0.25, -0.2) is 0 Å². The Bertz CT molecular complexity index is 425. The van der Waals surface area contributed by atoms with E-state index in [-0.39, 0.29) is 11.0 Å². The number of nitrogens with two attached hydrogens (primary N) is 1. The molecule has 0 heterocycles. The van der Waals surface area contributed by atoms with Gasteiger partial charge in [0.1, 0.15) is 5.75 Å². The van der Waals surface area contributed by atoms with E-state index in [1.807, 2.05) is 0 Å². The molecule has 7 heteroatoms. The van der Waals surface area contributed by atoms with E-state index in [0.717, 1.165) is 4.47 Å². The fourth-order valence-electron chi connectivity index (χ4n) is 1.04. The second kappa shape index (κ2) is 5.66. The molecule has 1 rings (SSSR count). The summed E-state index contributed by atoms with van der Waals surface area (Å²) in [4.78, 5) is 11.7. The van der Waals surface area contributed by atoms with Gasteiger partial charge in [0.2, 0.25) is 0 Å². The number of ether oxygens (including phenoxy) is 1. The fourth-order valence-corrected chi connectivity index (χ4v) is 1.46. The SMILES string of the molecule is COc1ccc(Br)cc1C(=O)NNC(N)=S. The number of carbonyl (C=O) groups is 1. The van der Waals surface area contributed by atoms with Crippen LogP contribution in [0, 0.1) is 0 Å². The van der Waals surface area contributed by atoms with Crippen LogP contribution in [0.1, 0.15) is 10.4 Å². The molecule has 1 aromatic rings. The molecule has 0 aliphatic rings. The van der Waals surface area contributed by atoms with E-state index < -0.39 is 0 Å². The van der Waals surface area contributed by atoms with Crippen molar-refractivity contribution in [1.29, 1.82) is 0 Å². The average molecular weight is 304 g/mol. The number of hydrazine groups is 1. The van der Waals surface area contributed by atoms with Crippen molar-refractivity contribution in [1.82, 2.24) is 10.9 Å². The monoisotopic (exact) mass is 303 g/mol. The van der Waals surface area contributed by atoms with Crippen LogP contribution in [-0.2, 0) is 0 Å². The highest BCUT2D eigenvalue weighted by Crippen LogP contribution is 2.22. The number of nitrogens with one attached hydrogen (secondary N) is 2. The molecule has 1 aromatic carbocycles. The summed E-state index contributed by atoms with van der Waals surface area (Å²) in [6, 6.07) is 5.09. The Kier molecular flexibility index (Phi) is 4.51. The lowest BCUT2D eigenvalue weighted by Gasteiger charge is -2.10. The molecule has 0 bridgehead atoms. The molecule has 4 N–H and O–H groups in total. The van der Waals surface area contributed by atoms with Gasteiger partial charge < -0.3 is 10.5 Å². The zero-order chi connectivity index (χ0) is 12.1. The molecule has 0 fully saturated rings. The predicted molar refractivity (Wildman–Crippen MR) is 68.1 cm³/mol. The quantitative estimate of drug-likeness (QED) is 0.560. The predicted octanol–water partition coefficient (Wildman–Crippen LogP) is 0.936. The van der Waals surface area contributed by atoms with Gasteiger partial charge in [-0.1, -0.05) is 15.9 Å². The van der Waals surface area contributed by atoms with Crippen LogP contribution >= 0.6 is 28.1 Å². The Morgan fingerprint density at radius 1 is 1.50 bits per heavy atom. The minimum atomic E-state index is -0.383. The van der Waals surface area contributed by atoms with Gasteiger partial charge in [0, 0.05) is 4.47 Å². The van der Waals surface area contributed by atoms with Crippen molar-refractivity contribution in [2.24, 2.45) is 5.73 Å². The van der Waals surface area contributed by atoms with E-state index >= 15 is 0 Å². The van der Waals surface area contributed by atoms with Crippen molar-refractivity contribution in [2.45, 2.75) is 0 Å². The van der Waals surface area contributed by atoms with Gasteiger partial charge in [0.15, 0.2) is 5.11 Å². The van der Waals surface area contributed by atoms with Crippen LogP contribution in [0.5, 0.6) is 5.75 Å². The Balaban J connectivity index is 2.88. The summed E-state index contributed by atoms with van der Waals surface area (Å²) < 4.78 is 5.83. The number of methoxy groups -OCH3 is 1. The van der Waals surface area contributed by atoms with Crippen molar-refractivity contribution < 1.29 is 9.53 Å². The van der Waals surface area contributed by atoms with Gasteiger partial charge in [0.05, 0.1) is 12.7 Å². The maximum atomic E-state index is 11.7. The first-order valence-corrected chi connectivity index (χ1v) is 5.44. The maximum absolute atomic E-state index is 11.7. The first-order chi connectivity index (χ1) is 7.54. The molecule has 86 valence electrons. The number of rotatable bonds is 2. The van der Waals surface area contributed by atoms with Crippen LogP contribution in [0.25, 0.3) is 0 Å². The molecule has 0 radical (unpaired) electrons. The lowest BCUT2D eigenvalue weighted by Crippen LogP contribution is -2.44. The first kappa shape index (κ1) is 12.7. The largest absolute Gasteiger partial charge is 0.496 e. The maximum Gasteiger partial charge on any atom is 0.273 e. The van der Waals surface area contributed by atoms with E-state index in [9.17, 15) is 4.79 Å².